The number of para-hydroxylation sites is 1. The summed E-state index contributed by atoms with van der Waals surface area (Å²) in [7, 11) is 0. The Labute approximate surface area is 172 Å². The molecule has 1 aliphatic heterocycles. The summed E-state index contributed by atoms with van der Waals surface area (Å²) in [5.41, 5.74) is 1.06. The molecule has 2 aromatic carbocycles. The molecule has 1 saturated heterocycles. The Kier molecular flexibility index (Phi) is 5.85. The van der Waals surface area contributed by atoms with Crippen LogP contribution >= 0.6 is 11.3 Å². The molecule has 0 bridgehead atoms. The highest BCUT2D eigenvalue weighted by Crippen LogP contribution is 2.22. The van der Waals surface area contributed by atoms with Crippen molar-refractivity contribution >= 4 is 33.4 Å². The van der Waals surface area contributed by atoms with Gasteiger partial charge in [0.2, 0.25) is 5.91 Å². The normalized spacial score (nSPS) is 14.8. The first-order chi connectivity index (χ1) is 14.1. The second-order valence-electron chi connectivity index (χ2n) is 7.08. The van der Waals surface area contributed by atoms with E-state index in [1.807, 2.05) is 29.2 Å². The third-order valence-corrected chi connectivity index (χ3v) is 6.23. The molecule has 0 aliphatic carbocycles. The molecule has 3 aromatic rings. The molecule has 1 aromatic heterocycles. The van der Waals surface area contributed by atoms with Crippen molar-refractivity contribution < 1.29 is 14.0 Å². The summed E-state index contributed by atoms with van der Waals surface area (Å²) in [5.74, 6) is -0.748. The third kappa shape index (κ3) is 4.45. The van der Waals surface area contributed by atoms with Crippen LogP contribution in [-0.4, -0.2) is 52.8 Å². The maximum absolute atomic E-state index is 13.9. The van der Waals surface area contributed by atoms with Crippen molar-refractivity contribution in [1.82, 2.24) is 14.8 Å². The fourth-order valence-corrected chi connectivity index (χ4v) is 4.54. The monoisotopic (exact) mass is 411 g/mol. The number of carbonyl (C=O) groups excluding carboxylic acids is 2. The average Bonchev–Trinajstić information content (AvgIpc) is 2.99. The SMILES string of the molecule is O=C(CCc1nc2ccccc2s1)N1CCCN(C(=O)c2ccccc2F)CC1. The summed E-state index contributed by atoms with van der Waals surface area (Å²) in [6.45, 7) is 2.02. The Morgan fingerprint density at radius 1 is 0.966 bits per heavy atom. The first-order valence-corrected chi connectivity index (χ1v) is 10.6. The molecule has 7 heteroatoms. The molecular weight excluding hydrogens is 389 g/mol. The van der Waals surface area contributed by atoms with Gasteiger partial charge < -0.3 is 9.80 Å². The second-order valence-corrected chi connectivity index (χ2v) is 8.20. The number of hydrogen-bond donors (Lipinski definition) is 0. The number of nitrogens with zero attached hydrogens (tertiary/aromatic N) is 3. The van der Waals surface area contributed by atoms with Gasteiger partial charge in [-0.3, -0.25) is 9.59 Å². The van der Waals surface area contributed by atoms with Crippen LogP contribution in [0.5, 0.6) is 0 Å². The largest absolute Gasteiger partial charge is 0.341 e. The van der Waals surface area contributed by atoms with Crippen molar-refractivity contribution in [2.45, 2.75) is 19.3 Å². The van der Waals surface area contributed by atoms with Gasteiger partial charge >= 0.3 is 0 Å². The summed E-state index contributed by atoms with van der Waals surface area (Å²) in [6, 6.07) is 14.0. The van der Waals surface area contributed by atoms with Crippen LogP contribution in [0.3, 0.4) is 0 Å². The molecule has 0 N–H and O–H groups in total. The molecule has 150 valence electrons. The molecule has 5 nitrogen and oxygen atoms in total. The minimum atomic E-state index is -0.509. The Morgan fingerprint density at radius 2 is 1.69 bits per heavy atom. The van der Waals surface area contributed by atoms with Gasteiger partial charge in [-0.1, -0.05) is 24.3 Å². The number of benzene rings is 2. The molecule has 1 aliphatic rings. The number of fused-ring (bicyclic) bond motifs is 1. The van der Waals surface area contributed by atoms with Gasteiger partial charge in [-0.15, -0.1) is 11.3 Å². The van der Waals surface area contributed by atoms with Crippen LogP contribution in [0.25, 0.3) is 10.2 Å². The van der Waals surface area contributed by atoms with Gasteiger partial charge in [0.05, 0.1) is 20.8 Å². The van der Waals surface area contributed by atoms with Crippen molar-refractivity contribution in [1.29, 1.82) is 0 Å². The fraction of sp³-hybridized carbons (Fsp3) is 0.318. The highest BCUT2D eigenvalue weighted by molar-refractivity contribution is 7.18. The van der Waals surface area contributed by atoms with E-state index in [2.05, 4.69) is 4.98 Å². The van der Waals surface area contributed by atoms with Gasteiger partial charge in [-0.05, 0) is 30.7 Å². The maximum Gasteiger partial charge on any atom is 0.256 e. The van der Waals surface area contributed by atoms with Crippen LogP contribution in [0, 0.1) is 5.82 Å². The van der Waals surface area contributed by atoms with Crippen molar-refractivity contribution in [2.24, 2.45) is 0 Å². The van der Waals surface area contributed by atoms with Gasteiger partial charge in [-0.2, -0.15) is 0 Å². The molecule has 0 unspecified atom stereocenters. The van der Waals surface area contributed by atoms with E-state index in [0.29, 0.717) is 45.4 Å². The number of halogens is 1. The average molecular weight is 412 g/mol. The topological polar surface area (TPSA) is 53.5 Å². The zero-order valence-corrected chi connectivity index (χ0v) is 16.8. The molecule has 0 spiro atoms. The van der Waals surface area contributed by atoms with E-state index in [4.69, 9.17) is 0 Å². The van der Waals surface area contributed by atoms with E-state index in [0.717, 1.165) is 15.2 Å². The van der Waals surface area contributed by atoms with Crippen molar-refractivity contribution in [2.75, 3.05) is 26.2 Å². The van der Waals surface area contributed by atoms with Gasteiger partial charge in [0, 0.05) is 39.0 Å². The standard InChI is InChI=1S/C22H22FN3O2S/c23-17-7-2-1-6-16(17)22(28)26-13-5-12-25(14-15-26)21(27)11-10-20-24-18-8-3-4-9-19(18)29-20/h1-4,6-9H,5,10-15H2. The lowest BCUT2D eigenvalue weighted by atomic mass is 10.2. The van der Waals surface area contributed by atoms with Crippen LogP contribution in [0.15, 0.2) is 48.5 Å². The molecule has 0 saturated carbocycles. The Balaban J connectivity index is 1.33. The van der Waals surface area contributed by atoms with Crippen LogP contribution < -0.4 is 0 Å². The summed E-state index contributed by atoms with van der Waals surface area (Å²) in [5, 5.41) is 0.964. The van der Waals surface area contributed by atoms with Crippen molar-refractivity contribution in [3.05, 3.63) is 64.9 Å². The highest BCUT2D eigenvalue weighted by atomic mass is 32.1. The second kappa shape index (κ2) is 8.69. The molecule has 0 radical (unpaired) electrons. The highest BCUT2D eigenvalue weighted by Gasteiger charge is 2.24. The van der Waals surface area contributed by atoms with E-state index < -0.39 is 5.82 Å². The third-order valence-electron chi connectivity index (χ3n) is 5.13. The van der Waals surface area contributed by atoms with Crippen molar-refractivity contribution in [3.63, 3.8) is 0 Å². The molecule has 29 heavy (non-hydrogen) atoms. The lowest BCUT2D eigenvalue weighted by molar-refractivity contribution is -0.131. The number of carbonyl (C=O) groups is 2. The zero-order valence-electron chi connectivity index (χ0n) is 16.0. The fourth-order valence-electron chi connectivity index (χ4n) is 3.57. The van der Waals surface area contributed by atoms with Gasteiger partial charge in [0.25, 0.3) is 5.91 Å². The predicted octanol–water partition coefficient (Wildman–Crippen LogP) is 3.74. The minimum Gasteiger partial charge on any atom is -0.341 e. The van der Waals surface area contributed by atoms with Crippen LogP contribution in [0.2, 0.25) is 0 Å². The molecule has 2 heterocycles. The van der Waals surface area contributed by atoms with Gasteiger partial charge in [0.1, 0.15) is 5.82 Å². The number of hydrogen-bond acceptors (Lipinski definition) is 4. The van der Waals surface area contributed by atoms with E-state index in [1.165, 1.54) is 12.1 Å². The number of aryl methyl sites for hydroxylation is 1. The molecule has 0 atom stereocenters. The van der Waals surface area contributed by atoms with E-state index in [9.17, 15) is 14.0 Å². The number of amides is 2. The van der Waals surface area contributed by atoms with Crippen LogP contribution in [0.4, 0.5) is 4.39 Å². The van der Waals surface area contributed by atoms with Crippen LogP contribution in [0.1, 0.15) is 28.2 Å². The number of rotatable bonds is 4. The van der Waals surface area contributed by atoms with Crippen molar-refractivity contribution in [3.8, 4) is 0 Å². The summed E-state index contributed by atoms with van der Waals surface area (Å²) in [4.78, 5) is 33.3. The molecule has 4 rings (SSSR count). The summed E-state index contributed by atoms with van der Waals surface area (Å²) in [6.07, 6.45) is 1.71. The zero-order chi connectivity index (χ0) is 20.2. The van der Waals surface area contributed by atoms with Crippen LogP contribution in [-0.2, 0) is 11.2 Å². The first kappa shape index (κ1) is 19.5. The van der Waals surface area contributed by atoms with Gasteiger partial charge in [0.15, 0.2) is 0 Å². The van der Waals surface area contributed by atoms with E-state index >= 15 is 0 Å². The first-order valence-electron chi connectivity index (χ1n) is 9.78. The smallest absolute Gasteiger partial charge is 0.256 e. The van der Waals surface area contributed by atoms with E-state index in [1.54, 1.807) is 28.4 Å². The lowest BCUT2D eigenvalue weighted by Crippen LogP contribution is -2.37. The molecule has 2 amide bonds. The summed E-state index contributed by atoms with van der Waals surface area (Å²) < 4.78 is 15.1. The Morgan fingerprint density at radius 3 is 2.52 bits per heavy atom. The predicted molar refractivity (Wildman–Crippen MR) is 111 cm³/mol. The summed E-state index contributed by atoms with van der Waals surface area (Å²) >= 11 is 1.62. The minimum absolute atomic E-state index is 0.0736. The van der Waals surface area contributed by atoms with E-state index in [-0.39, 0.29) is 17.4 Å². The Hall–Kier alpha value is -2.80. The number of aromatic nitrogens is 1. The number of thiazole rings is 1. The maximum atomic E-state index is 13.9. The van der Waals surface area contributed by atoms with Gasteiger partial charge in [-0.25, -0.2) is 9.37 Å². The quantitative estimate of drug-likeness (QED) is 0.657. The molecule has 1 fully saturated rings. The Bertz CT molecular complexity index is 1000. The lowest BCUT2D eigenvalue weighted by Gasteiger charge is -2.22. The molecular formula is C22H22FN3O2S.